The summed E-state index contributed by atoms with van der Waals surface area (Å²) >= 11 is 0. The van der Waals surface area contributed by atoms with Crippen molar-refractivity contribution in [3.63, 3.8) is 0 Å². The molecule has 1 aliphatic rings. The molecule has 5 nitrogen and oxygen atoms in total. The van der Waals surface area contributed by atoms with Crippen LogP contribution in [0, 0.1) is 5.92 Å². The second kappa shape index (κ2) is 7.18. The average molecular weight is 326 g/mol. The fourth-order valence-electron chi connectivity index (χ4n) is 3.18. The number of carbonyl (C=O) groups is 1. The van der Waals surface area contributed by atoms with Gasteiger partial charge in [0.15, 0.2) is 5.69 Å². The third-order valence-corrected chi connectivity index (χ3v) is 4.49. The molecule has 3 rings (SSSR count). The molecule has 0 saturated heterocycles. The standard InChI is InChI=1S/C19H26N4O/c1-12(2)10-14-4-6-15(7-5-14)13(3)21-19(24)18-16-11-20-9-8-17(16)22-23-18/h4-7,12-13,20H,8-11H2,1-3H3,(H,21,24)(H,22,23). The lowest BCUT2D eigenvalue weighted by Gasteiger charge is -2.16. The molecule has 2 heterocycles. The third kappa shape index (κ3) is 3.67. The molecule has 1 amide bonds. The third-order valence-electron chi connectivity index (χ3n) is 4.49. The van der Waals surface area contributed by atoms with Crippen LogP contribution >= 0.6 is 0 Å². The summed E-state index contributed by atoms with van der Waals surface area (Å²) in [7, 11) is 0. The summed E-state index contributed by atoms with van der Waals surface area (Å²) < 4.78 is 0. The summed E-state index contributed by atoms with van der Waals surface area (Å²) in [5, 5.41) is 13.6. The Balaban J connectivity index is 1.67. The Bertz CT molecular complexity index is 703. The molecule has 1 aromatic carbocycles. The van der Waals surface area contributed by atoms with Gasteiger partial charge in [0.25, 0.3) is 5.91 Å². The van der Waals surface area contributed by atoms with Crippen molar-refractivity contribution < 1.29 is 4.79 Å². The van der Waals surface area contributed by atoms with Gasteiger partial charge in [0.1, 0.15) is 0 Å². The molecule has 2 aromatic rings. The summed E-state index contributed by atoms with van der Waals surface area (Å²) in [5.41, 5.74) is 5.03. The second-order valence-electron chi connectivity index (χ2n) is 6.99. The van der Waals surface area contributed by atoms with E-state index in [1.165, 1.54) is 5.56 Å². The van der Waals surface area contributed by atoms with E-state index in [4.69, 9.17) is 0 Å². The van der Waals surface area contributed by atoms with Crippen molar-refractivity contribution in [3.05, 3.63) is 52.3 Å². The van der Waals surface area contributed by atoms with Crippen molar-refractivity contribution in [3.8, 4) is 0 Å². The number of hydrogen-bond acceptors (Lipinski definition) is 3. The second-order valence-corrected chi connectivity index (χ2v) is 6.99. The van der Waals surface area contributed by atoms with E-state index in [2.05, 4.69) is 58.9 Å². The van der Waals surface area contributed by atoms with E-state index in [1.54, 1.807) is 0 Å². The Hall–Kier alpha value is -2.14. The molecule has 0 radical (unpaired) electrons. The summed E-state index contributed by atoms with van der Waals surface area (Å²) in [6, 6.07) is 8.46. The number of nitrogens with zero attached hydrogens (tertiary/aromatic N) is 1. The zero-order valence-electron chi connectivity index (χ0n) is 14.6. The van der Waals surface area contributed by atoms with E-state index in [1.807, 2.05) is 6.92 Å². The lowest BCUT2D eigenvalue weighted by molar-refractivity contribution is 0.0933. The van der Waals surface area contributed by atoms with Crippen molar-refractivity contribution in [2.24, 2.45) is 5.92 Å². The van der Waals surface area contributed by atoms with Crippen LogP contribution in [0.4, 0.5) is 0 Å². The van der Waals surface area contributed by atoms with Crippen molar-refractivity contribution in [1.29, 1.82) is 0 Å². The van der Waals surface area contributed by atoms with E-state index >= 15 is 0 Å². The highest BCUT2D eigenvalue weighted by Crippen LogP contribution is 2.18. The summed E-state index contributed by atoms with van der Waals surface area (Å²) in [6.07, 6.45) is 1.97. The maximum absolute atomic E-state index is 12.6. The first-order valence-electron chi connectivity index (χ1n) is 8.71. The zero-order chi connectivity index (χ0) is 17.1. The predicted molar refractivity (Wildman–Crippen MR) is 94.9 cm³/mol. The fraction of sp³-hybridized carbons (Fsp3) is 0.474. The number of rotatable bonds is 5. The monoisotopic (exact) mass is 326 g/mol. The van der Waals surface area contributed by atoms with Crippen molar-refractivity contribution in [2.45, 2.75) is 46.2 Å². The van der Waals surface area contributed by atoms with Crippen LogP contribution in [0.2, 0.25) is 0 Å². The number of nitrogens with one attached hydrogen (secondary N) is 3. The Kier molecular flexibility index (Phi) is 5.00. The van der Waals surface area contributed by atoms with Crippen LogP contribution in [0.1, 0.15) is 59.7 Å². The van der Waals surface area contributed by atoms with E-state index in [-0.39, 0.29) is 11.9 Å². The molecule has 5 heteroatoms. The molecule has 24 heavy (non-hydrogen) atoms. The van der Waals surface area contributed by atoms with Gasteiger partial charge in [-0.2, -0.15) is 5.10 Å². The molecule has 0 aliphatic carbocycles. The molecule has 0 bridgehead atoms. The molecule has 1 unspecified atom stereocenters. The number of fused-ring (bicyclic) bond motifs is 1. The van der Waals surface area contributed by atoms with E-state index < -0.39 is 0 Å². The summed E-state index contributed by atoms with van der Waals surface area (Å²) in [4.78, 5) is 12.6. The van der Waals surface area contributed by atoms with E-state index in [0.717, 1.165) is 36.2 Å². The van der Waals surface area contributed by atoms with Crippen LogP contribution in [0.25, 0.3) is 0 Å². The predicted octanol–water partition coefficient (Wildman–Crippen LogP) is 2.74. The number of amides is 1. The molecule has 1 aromatic heterocycles. The van der Waals surface area contributed by atoms with Gasteiger partial charge in [0, 0.05) is 30.8 Å². The van der Waals surface area contributed by atoms with Gasteiger partial charge in [-0.25, -0.2) is 0 Å². The number of benzene rings is 1. The van der Waals surface area contributed by atoms with Gasteiger partial charge in [0.05, 0.1) is 6.04 Å². The van der Waals surface area contributed by atoms with Crippen molar-refractivity contribution >= 4 is 5.91 Å². The molecule has 3 N–H and O–H groups in total. The smallest absolute Gasteiger partial charge is 0.272 e. The number of aromatic amines is 1. The highest BCUT2D eigenvalue weighted by Gasteiger charge is 2.22. The van der Waals surface area contributed by atoms with Crippen LogP contribution in [0.3, 0.4) is 0 Å². The first kappa shape index (κ1) is 16.7. The largest absolute Gasteiger partial charge is 0.344 e. The fourth-order valence-corrected chi connectivity index (χ4v) is 3.18. The highest BCUT2D eigenvalue weighted by molar-refractivity contribution is 5.94. The van der Waals surface area contributed by atoms with Crippen molar-refractivity contribution in [1.82, 2.24) is 20.8 Å². The van der Waals surface area contributed by atoms with Gasteiger partial charge in [0.2, 0.25) is 0 Å². The number of carbonyl (C=O) groups excluding carboxylic acids is 1. The first-order valence-corrected chi connectivity index (χ1v) is 8.71. The Morgan fingerprint density at radius 2 is 2.00 bits per heavy atom. The molecular weight excluding hydrogens is 300 g/mol. The molecule has 1 atom stereocenters. The molecule has 128 valence electrons. The lowest BCUT2D eigenvalue weighted by atomic mass is 10.00. The normalized spacial score (nSPS) is 15.2. The maximum Gasteiger partial charge on any atom is 0.272 e. The molecule has 0 fully saturated rings. The Labute approximate surface area is 143 Å². The van der Waals surface area contributed by atoms with Crippen LogP contribution in [0.5, 0.6) is 0 Å². The molecular formula is C19H26N4O. The number of hydrogen-bond donors (Lipinski definition) is 3. The minimum absolute atomic E-state index is 0.0468. The van der Waals surface area contributed by atoms with E-state index in [9.17, 15) is 4.79 Å². The quantitative estimate of drug-likeness (QED) is 0.791. The van der Waals surface area contributed by atoms with Gasteiger partial charge in [-0.3, -0.25) is 9.89 Å². The van der Waals surface area contributed by atoms with Crippen LogP contribution in [-0.4, -0.2) is 22.6 Å². The van der Waals surface area contributed by atoms with Crippen LogP contribution in [-0.2, 0) is 19.4 Å². The minimum atomic E-state index is -0.116. The zero-order valence-corrected chi connectivity index (χ0v) is 14.6. The lowest BCUT2D eigenvalue weighted by Crippen LogP contribution is -2.30. The number of aromatic nitrogens is 2. The Morgan fingerprint density at radius 1 is 1.25 bits per heavy atom. The molecule has 0 saturated carbocycles. The maximum atomic E-state index is 12.6. The summed E-state index contributed by atoms with van der Waals surface area (Å²) in [5.74, 6) is 0.530. The highest BCUT2D eigenvalue weighted by atomic mass is 16.2. The van der Waals surface area contributed by atoms with Gasteiger partial charge in [-0.05, 0) is 30.4 Å². The molecule has 1 aliphatic heterocycles. The van der Waals surface area contributed by atoms with Gasteiger partial charge in [-0.15, -0.1) is 0 Å². The van der Waals surface area contributed by atoms with Gasteiger partial charge >= 0.3 is 0 Å². The topological polar surface area (TPSA) is 69.8 Å². The molecule has 0 spiro atoms. The van der Waals surface area contributed by atoms with Crippen LogP contribution < -0.4 is 10.6 Å². The first-order chi connectivity index (χ1) is 11.5. The average Bonchev–Trinajstić information content (AvgIpc) is 2.99. The van der Waals surface area contributed by atoms with Gasteiger partial charge < -0.3 is 10.6 Å². The SMILES string of the molecule is CC(C)Cc1ccc(C(C)NC(=O)c2n[nH]c3c2CNCC3)cc1. The van der Waals surface area contributed by atoms with Gasteiger partial charge in [-0.1, -0.05) is 38.1 Å². The van der Waals surface area contributed by atoms with Crippen LogP contribution in [0.15, 0.2) is 24.3 Å². The summed E-state index contributed by atoms with van der Waals surface area (Å²) in [6.45, 7) is 8.07. The van der Waals surface area contributed by atoms with E-state index in [0.29, 0.717) is 18.2 Å². The number of H-pyrrole nitrogens is 1. The van der Waals surface area contributed by atoms with Crippen molar-refractivity contribution in [2.75, 3.05) is 6.54 Å². The Morgan fingerprint density at radius 3 is 2.71 bits per heavy atom. The minimum Gasteiger partial charge on any atom is -0.344 e.